The lowest BCUT2D eigenvalue weighted by molar-refractivity contribution is 0.399. The third kappa shape index (κ3) is 2.20. The predicted molar refractivity (Wildman–Crippen MR) is 70.2 cm³/mol. The van der Waals surface area contributed by atoms with Crippen LogP contribution in [0.15, 0.2) is 18.2 Å². The van der Waals surface area contributed by atoms with Crippen molar-refractivity contribution in [1.82, 2.24) is 15.5 Å². The summed E-state index contributed by atoms with van der Waals surface area (Å²) >= 11 is 0. The van der Waals surface area contributed by atoms with Crippen LogP contribution in [0.4, 0.5) is 0 Å². The van der Waals surface area contributed by atoms with Crippen molar-refractivity contribution in [2.75, 3.05) is 6.54 Å². The molecule has 0 saturated carbocycles. The summed E-state index contributed by atoms with van der Waals surface area (Å²) in [5, 5.41) is 12.2. The van der Waals surface area contributed by atoms with Crippen LogP contribution in [0.5, 0.6) is 0 Å². The van der Waals surface area contributed by atoms with E-state index in [1.54, 1.807) is 0 Å². The highest BCUT2D eigenvalue weighted by Crippen LogP contribution is 2.19. The van der Waals surface area contributed by atoms with Gasteiger partial charge in [0.15, 0.2) is 0 Å². The number of fused-ring (bicyclic) bond motifs is 1. The van der Waals surface area contributed by atoms with Crippen molar-refractivity contribution in [3.05, 3.63) is 29.5 Å². The number of nitrogens with zero attached hydrogens (tertiary/aromatic N) is 1. The number of aromatic nitrogens is 2. The molecule has 1 aromatic heterocycles. The summed E-state index contributed by atoms with van der Waals surface area (Å²) < 4.78 is 0. The SMILES string of the molecule is Cc1[nH]nc2ccc(CC3CCCCN3)cc12. The second-order valence-corrected chi connectivity index (χ2v) is 5.05. The molecular formula is C14H19N3. The molecule has 0 bridgehead atoms. The standard InChI is InChI=1S/C14H19N3/c1-10-13-9-11(5-6-14(13)17-16-10)8-12-4-2-3-7-15-12/h5-6,9,12,15H,2-4,7-8H2,1H3,(H,16,17). The Labute approximate surface area is 102 Å². The molecule has 17 heavy (non-hydrogen) atoms. The minimum Gasteiger partial charge on any atom is -0.314 e. The molecule has 0 radical (unpaired) electrons. The van der Waals surface area contributed by atoms with Crippen LogP contribution < -0.4 is 5.32 Å². The molecule has 0 aliphatic carbocycles. The number of rotatable bonds is 2. The highest BCUT2D eigenvalue weighted by Gasteiger charge is 2.13. The monoisotopic (exact) mass is 229 g/mol. The quantitative estimate of drug-likeness (QED) is 0.831. The van der Waals surface area contributed by atoms with E-state index in [1.807, 2.05) is 0 Å². The lowest BCUT2D eigenvalue weighted by Crippen LogP contribution is -2.35. The van der Waals surface area contributed by atoms with Crippen LogP contribution in [0, 0.1) is 6.92 Å². The van der Waals surface area contributed by atoms with Crippen molar-refractivity contribution in [1.29, 1.82) is 0 Å². The fraction of sp³-hybridized carbons (Fsp3) is 0.500. The van der Waals surface area contributed by atoms with E-state index in [0.717, 1.165) is 11.9 Å². The highest BCUT2D eigenvalue weighted by atomic mass is 15.1. The summed E-state index contributed by atoms with van der Waals surface area (Å²) in [6.07, 6.45) is 5.14. The summed E-state index contributed by atoms with van der Waals surface area (Å²) in [5.74, 6) is 0. The molecule has 90 valence electrons. The summed E-state index contributed by atoms with van der Waals surface area (Å²) in [6.45, 7) is 3.26. The fourth-order valence-corrected chi connectivity index (χ4v) is 2.70. The molecule has 3 nitrogen and oxygen atoms in total. The Balaban J connectivity index is 1.82. The zero-order valence-corrected chi connectivity index (χ0v) is 10.3. The molecule has 3 heteroatoms. The minimum absolute atomic E-state index is 0.661. The molecule has 1 aliphatic rings. The van der Waals surface area contributed by atoms with Crippen LogP contribution in [0.2, 0.25) is 0 Å². The molecule has 3 rings (SSSR count). The fourth-order valence-electron chi connectivity index (χ4n) is 2.70. The average Bonchev–Trinajstić information content (AvgIpc) is 2.73. The van der Waals surface area contributed by atoms with Gasteiger partial charge in [-0.05, 0) is 50.4 Å². The molecule has 1 aromatic carbocycles. The van der Waals surface area contributed by atoms with E-state index < -0.39 is 0 Å². The smallest absolute Gasteiger partial charge is 0.0923 e. The van der Waals surface area contributed by atoms with Crippen LogP contribution in [-0.2, 0) is 6.42 Å². The van der Waals surface area contributed by atoms with Gasteiger partial charge in [-0.25, -0.2) is 0 Å². The Morgan fingerprint density at radius 3 is 3.12 bits per heavy atom. The number of aromatic amines is 1. The highest BCUT2D eigenvalue weighted by molar-refractivity contribution is 5.81. The van der Waals surface area contributed by atoms with Crippen molar-refractivity contribution >= 4 is 10.9 Å². The molecule has 1 atom stereocenters. The van der Waals surface area contributed by atoms with Crippen LogP contribution >= 0.6 is 0 Å². The molecule has 1 fully saturated rings. The molecule has 0 spiro atoms. The Hall–Kier alpha value is -1.35. The van der Waals surface area contributed by atoms with Gasteiger partial charge in [0.25, 0.3) is 0 Å². The van der Waals surface area contributed by atoms with Gasteiger partial charge in [-0.1, -0.05) is 12.5 Å². The van der Waals surface area contributed by atoms with Crippen molar-refractivity contribution in [3.8, 4) is 0 Å². The van der Waals surface area contributed by atoms with Gasteiger partial charge in [-0.2, -0.15) is 5.10 Å². The topological polar surface area (TPSA) is 40.7 Å². The summed E-state index contributed by atoms with van der Waals surface area (Å²) in [4.78, 5) is 0. The Morgan fingerprint density at radius 2 is 2.29 bits per heavy atom. The van der Waals surface area contributed by atoms with E-state index in [1.165, 1.54) is 42.5 Å². The first-order valence-corrected chi connectivity index (χ1v) is 6.50. The zero-order chi connectivity index (χ0) is 11.7. The Bertz CT molecular complexity index is 509. The van der Waals surface area contributed by atoms with Crippen LogP contribution in [0.3, 0.4) is 0 Å². The summed E-state index contributed by atoms with van der Waals surface area (Å²) in [5.41, 5.74) is 3.66. The number of H-pyrrole nitrogens is 1. The van der Waals surface area contributed by atoms with Gasteiger partial charge in [-0.15, -0.1) is 0 Å². The number of piperidine rings is 1. The van der Waals surface area contributed by atoms with E-state index >= 15 is 0 Å². The number of benzene rings is 1. The van der Waals surface area contributed by atoms with Gasteiger partial charge in [0, 0.05) is 17.1 Å². The van der Waals surface area contributed by atoms with E-state index in [2.05, 4.69) is 40.6 Å². The third-order valence-corrected chi connectivity index (χ3v) is 3.70. The van der Waals surface area contributed by atoms with Gasteiger partial charge >= 0.3 is 0 Å². The molecule has 1 aliphatic heterocycles. The maximum absolute atomic E-state index is 4.27. The lowest BCUT2D eigenvalue weighted by atomic mass is 9.97. The third-order valence-electron chi connectivity index (χ3n) is 3.70. The number of aryl methyl sites for hydroxylation is 1. The van der Waals surface area contributed by atoms with Gasteiger partial charge in [0.05, 0.1) is 5.52 Å². The van der Waals surface area contributed by atoms with Crippen molar-refractivity contribution in [2.45, 2.75) is 38.6 Å². The molecule has 1 unspecified atom stereocenters. The van der Waals surface area contributed by atoms with E-state index in [-0.39, 0.29) is 0 Å². The van der Waals surface area contributed by atoms with Gasteiger partial charge in [-0.3, -0.25) is 5.10 Å². The summed E-state index contributed by atoms with van der Waals surface area (Å²) in [6, 6.07) is 7.27. The zero-order valence-electron chi connectivity index (χ0n) is 10.3. The lowest BCUT2D eigenvalue weighted by Gasteiger charge is -2.23. The van der Waals surface area contributed by atoms with Crippen molar-refractivity contribution < 1.29 is 0 Å². The van der Waals surface area contributed by atoms with Crippen LogP contribution in [0.25, 0.3) is 10.9 Å². The molecule has 1 saturated heterocycles. The first-order valence-electron chi connectivity index (χ1n) is 6.50. The first kappa shape index (κ1) is 10.8. The normalized spacial score (nSPS) is 20.9. The van der Waals surface area contributed by atoms with Gasteiger partial charge < -0.3 is 5.32 Å². The molecule has 2 N–H and O–H groups in total. The summed E-state index contributed by atoms with van der Waals surface area (Å²) in [7, 11) is 0. The van der Waals surface area contributed by atoms with Crippen molar-refractivity contribution in [2.24, 2.45) is 0 Å². The molecule has 2 heterocycles. The number of hydrogen-bond donors (Lipinski definition) is 2. The molecule has 2 aromatic rings. The van der Waals surface area contributed by atoms with Gasteiger partial charge in [0.1, 0.15) is 0 Å². The van der Waals surface area contributed by atoms with Crippen LogP contribution in [-0.4, -0.2) is 22.8 Å². The Morgan fingerprint density at radius 1 is 1.35 bits per heavy atom. The van der Waals surface area contributed by atoms with Gasteiger partial charge in [0.2, 0.25) is 0 Å². The largest absolute Gasteiger partial charge is 0.314 e. The maximum Gasteiger partial charge on any atom is 0.0923 e. The van der Waals surface area contributed by atoms with E-state index in [4.69, 9.17) is 0 Å². The van der Waals surface area contributed by atoms with E-state index in [0.29, 0.717) is 6.04 Å². The second kappa shape index (κ2) is 4.49. The number of hydrogen-bond acceptors (Lipinski definition) is 2. The first-order chi connectivity index (χ1) is 8.33. The second-order valence-electron chi connectivity index (χ2n) is 5.05. The number of nitrogens with one attached hydrogen (secondary N) is 2. The predicted octanol–water partition coefficient (Wildman–Crippen LogP) is 2.56. The Kier molecular flexibility index (Phi) is 2.85. The molecular weight excluding hydrogens is 210 g/mol. The van der Waals surface area contributed by atoms with E-state index in [9.17, 15) is 0 Å². The average molecular weight is 229 g/mol. The maximum atomic E-state index is 4.27. The molecule has 0 amide bonds. The van der Waals surface area contributed by atoms with Crippen molar-refractivity contribution in [3.63, 3.8) is 0 Å². The van der Waals surface area contributed by atoms with Crippen LogP contribution in [0.1, 0.15) is 30.5 Å². The minimum atomic E-state index is 0.661.